The Kier molecular flexibility index (Phi) is 5.51. The van der Waals surface area contributed by atoms with Gasteiger partial charge in [0.1, 0.15) is 5.75 Å². The zero-order valence-electron chi connectivity index (χ0n) is 15.6. The van der Waals surface area contributed by atoms with E-state index in [1.165, 1.54) is 11.3 Å². The van der Waals surface area contributed by atoms with Crippen molar-refractivity contribution in [3.05, 3.63) is 58.4 Å². The van der Waals surface area contributed by atoms with Gasteiger partial charge in [-0.05, 0) is 48.9 Å². The van der Waals surface area contributed by atoms with Crippen LogP contribution in [0.2, 0.25) is 5.02 Å². The van der Waals surface area contributed by atoms with Crippen molar-refractivity contribution in [1.82, 2.24) is 4.98 Å². The molecule has 1 aromatic heterocycles. The first-order valence-corrected chi connectivity index (χ1v) is 10.3. The van der Waals surface area contributed by atoms with Crippen molar-refractivity contribution in [2.45, 2.75) is 12.8 Å². The van der Waals surface area contributed by atoms with Crippen LogP contribution in [0.15, 0.2) is 47.8 Å². The van der Waals surface area contributed by atoms with Gasteiger partial charge in [0.25, 0.3) is 5.91 Å². The normalized spacial score (nSPS) is 13.6. The minimum Gasteiger partial charge on any atom is -0.495 e. The maximum atomic E-state index is 12.5. The van der Waals surface area contributed by atoms with Crippen molar-refractivity contribution in [3.63, 3.8) is 0 Å². The maximum Gasteiger partial charge on any atom is 0.257 e. The average molecular weight is 428 g/mol. The molecule has 2 heterocycles. The summed E-state index contributed by atoms with van der Waals surface area (Å²) in [6, 6.07) is 12.4. The summed E-state index contributed by atoms with van der Waals surface area (Å²) in [7, 11) is 1.56. The summed E-state index contributed by atoms with van der Waals surface area (Å²) >= 11 is 7.51. The number of halogens is 1. The lowest BCUT2D eigenvalue weighted by Crippen LogP contribution is -2.23. The largest absolute Gasteiger partial charge is 0.495 e. The van der Waals surface area contributed by atoms with E-state index in [0.717, 1.165) is 29.9 Å². The highest BCUT2D eigenvalue weighted by Gasteiger charge is 2.21. The third kappa shape index (κ3) is 4.11. The van der Waals surface area contributed by atoms with Crippen molar-refractivity contribution in [1.29, 1.82) is 0 Å². The van der Waals surface area contributed by atoms with Gasteiger partial charge in [0.2, 0.25) is 5.91 Å². The van der Waals surface area contributed by atoms with Crippen LogP contribution in [-0.2, 0) is 4.79 Å². The molecule has 8 heteroatoms. The number of thiazole rings is 1. The zero-order chi connectivity index (χ0) is 20.4. The SMILES string of the molecule is COc1ccc(-c2csc(NC(=O)c3ccc(N4CCCC4=O)cc3)n2)cc1Cl. The van der Waals surface area contributed by atoms with Gasteiger partial charge in [-0.15, -0.1) is 11.3 Å². The second-order valence-electron chi connectivity index (χ2n) is 6.54. The molecule has 0 bridgehead atoms. The Hall–Kier alpha value is -2.90. The lowest BCUT2D eigenvalue weighted by Gasteiger charge is -2.15. The number of carbonyl (C=O) groups excluding carboxylic acids is 2. The fourth-order valence-corrected chi connectivity index (χ4v) is 4.15. The molecule has 4 rings (SSSR count). The van der Waals surface area contributed by atoms with Crippen LogP contribution in [0, 0.1) is 0 Å². The summed E-state index contributed by atoms with van der Waals surface area (Å²) in [4.78, 5) is 30.6. The third-order valence-electron chi connectivity index (χ3n) is 4.69. The predicted molar refractivity (Wildman–Crippen MR) is 115 cm³/mol. The molecule has 0 saturated carbocycles. The van der Waals surface area contributed by atoms with Gasteiger partial charge in [-0.2, -0.15) is 0 Å². The molecular weight excluding hydrogens is 410 g/mol. The molecule has 0 unspecified atom stereocenters. The highest BCUT2D eigenvalue weighted by atomic mass is 35.5. The lowest BCUT2D eigenvalue weighted by atomic mass is 10.2. The Balaban J connectivity index is 1.45. The predicted octanol–water partition coefficient (Wildman–Crippen LogP) is 4.85. The number of anilines is 2. The van der Waals surface area contributed by atoms with E-state index in [1.807, 2.05) is 11.4 Å². The zero-order valence-corrected chi connectivity index (χ0v) is 17.2. The Morgan fingerprint density at radius 3 is 2.69 bits per heavy atom. The number of carbonyl (C=O) groups is 2. The lowest BCUT2D eigenvalue weighted by molar-refractivity contribution is -0.117. The molecule has 6 nitrogen and oxygen atoms in total. The number of benzene rings is 2. The van der Waals surface area contributed by atoms with Gasteiger partial charge in [-0.25, -0.2) is 4.98 Å². The molecule has 0 atom stereocenters. The van der Waals surface area contributed by atoms with Crippen molar-refractivity contribution in [2.75, 3.05) is 23.9 Å². The Morgan fingerprint density at radius 2 is 2.03 bits per heavy atom. The van der Waals surface area contributed by atoms with Crippen LogP contribution in [0.3, 0.4) is 0 Å². The quantitative estimate of drug-likeness (QED) is 0.631. The van der Waals surface area contributed by atoms with E-state index in [9.17, 15) is 9.59 Å². The monoisotopic (exact) mass is 427 g/mol. The molecule has 148 valence electrons. The number of methoxy groups -OCH3 is 1. The summed E-state index contributed by atoms with van der Waals surface area (Å²) in [5.74, 6) is 0.465. The second kappa shape index (κ2) is 8.23. The van der Waals surface area contributed by atoms with Gasteiger partial charge in [-0.3, -0.25) is 14.9 Å². The van der Waals surface area contributed by atoms with Crippen molar-refractivity contribution < 1.29 is 14.3 Å². The molecule has 3 aromatic rings. The van der Waals surface area contributed by atoms with Crippen LogP contribution < -0.4 is 15.0 Å². The molecule has 1 fully saturated rings. The fraction of sp³-hybridized carbons (Fsp3) is 0.190. The van der Waals surface area contributed by atoms with Crippen LogP contribution >= 0.6 is 22.9 Å². The summed E-state index contributed by atoms with van der Waals surface area (Å²) in [6.07, 6.45) is 1.45. The van der Waals surface area contributed by atoms with E-state index in [0.29, 0.717) is 27.9 Å². The second-order valence-corrected chi connectivity index (χ2v) is 7.80. The number of hydrogen-bond donors (Lipinski definition) is 1. The molecule has 2 aromatic carbocycles. The number of aromatic nitrogens is 1. The maximum absolute atomic E-state index is 12.5. The molecule has 1 N–H and O–H groups in total. The average Bonchev–Trinajstić information content (AvgIpc) is 3.37. The van der Waals surface area contributed by atoms with Crippen LogP contribution in [0.4, 0.5) is 10.8 Å². The summed E-state index contributed by atoms with van der Waals surface area (Å²) < 4.78 is 5.16. The Morgan fingerprint density at radius 1 is 1.24 bits per heavy atom. The van der Waals surface area contributed by atoms with E-state index in [2.05, 4.69) is 10.3 Å². The molecule has 1 saturated heterocycles. The highest BCUT2D eigenvalue weighted by Crippen LogP contribution is 2.32. The number of hydrogen-bond acceptors (Lipinski definition) is 5. The van der Waals surface area contributed by atoms with Gasteiger partial charge >= 0.3 is 0 Å². The van der Waals surface area contributed by atoms with Crippen molar-refractivity contribution in [2.24, 2.45) is 0 Å². The number of ether oxygens (including phenoxy) is 1. The standard InChI is InChI=1S/C21H18ClN3O3S/c1-28-18-9-6-14(11-16(18)22)17-12-29-21(23-17)24-20(27)13-4-7-15(8-5-13)25-10-2-3-19(25)26/h4-9,11-12H,2-3,10H2,1H3,(H,23,24,27). The molecule has 29 heavy (non-hydrogen) atoms. The molecule has 1 aliphatic rings. The van der Waals surface area contributed by atoms with Crippen LogP contribution in [-0.4, -0.2) is 30.5 Å². The van der Waals surface area contributed by atoms with E-state index >= 15 is 0 Å². The van der Waals surface area contributed by atoms with Crippen LogP contribution in [0.5, 0.6) is 5.75 Å². The smallest absolute Gasteiger partial charge is 0.257 e. The first kappa shape index (κ1) is 19.4. The number of nitrogens with zero attached hydrogens (tertiary/aromatic N) is 2. The van der Waals surface area contributed by atoms with E-state index < -0.39 is 0 Å². The molecule has 1 aliphatic heterocycles. The number of amides is 2. The van der Waals surface area contributed by atoms with Crippen LogP contribution in [0.1, 0.15) is 23.2 Å². The molecule has 0 aliphatic carbocycles. The minimum atomic E-state index is -0.252. The number of nitrogens with one attached hydrogen (secondary N) is 1. The van der Waals surface area contributed by atoms with E-state index in [-0.39, 0.29) is 11.8 Å². The van der Waals surface area contributed by atoms with Gasteiger partial charge in [-0.1, -0.05) is 11.6 Å². The Labute approximate surface area is 177 Å². The molecule has 0 spiro atoms. The van der Waals surface area contributed by atoms with Gasteiger partial charge in [0, 0.05) is 35.2 Å². The molecule has 0 radical (unpaired) electrons. The summed E-state index contributed by atoms with van der Waals surface area (Å²) in [6.45, 7) is 0.724. The fourth-order valence-electron chi connectivity index (χ4n) is 3.17. The number of rotatable bonds is 5. The summed E-state index contributed by atoms with van der Waals surface area (Å²) in [5.41, 5.74) is 2.88. The van der Waals surface area contributed by atoms with Gasteiger partial charge in [0.15, 0.2) is 5.13 Å². The van der Waals surface area contributed by atoms with Gasteiger partial charge in [0.05, 0.1) is 17.8 Å². The first-order chi connectivity index (χ1) is 14.0. The van der Waals surface area contributed by atoms with E-state index in [4.69, 9.17) is 16.3 Å². The minimum absolute atomic E-state index is 0.121. The Bertz CT molecular complexity index is 1070. The third-order valence-corrected chi connectivity index (χ3v) is 5.74. The van der Waals surface area contributed by atoms with Crippen molar-refractivity contribution in [3.8, 4) is 17.0 Å². The summed E-state index contributed by atoms with van der Waals surface area (Å²) in [5, 5.41) is 5.67. The van der Waals surface area contributed by atoms with Crippen molar-refractivity contribution >= 4 is 45.6 Å². The topological polar surface area (TPSA) is 71.5 Å². The molecule has 2 amide bonds. The molecular formula is C21H18ClN3O3S. The highest BCUT2D eigenvalue weighted by molar-refractivity contribution is 7.14. The van der Waals surface area contributed by atoms with Crippen LogP contribution in [0.25, 0.3) is 11.3 Å². The van der Waals surface area contributed by atoms with E-state index in [1.54, 1.807) is 48.4 Å². The first-order valence-electron chi connectivity index (χ1n) is 9.06. The van der Waals surface area contributed by atoms with Gasteiger partial charge < -0.3 is 9.64 Å².